The van der Waals surface area contributed by atoms with E-state index in [2.05, 4.69) is 30.9 Å². The summed E-state index contributed by atoms with van der Waals surface area (Å²) in [4.78, 5) is 0. The zero-order chi connectivity index (χ0) is 8.97. The van der Waals surface area contributed by atoms with Gasteiger partial charge in [-0.2, -0.15) is 0 Å². The maximum absolute atomic E-state index is 3.06. The SMILES string of the molecule is CC.Cc1ccc2c(c1)C=C=C2. The number of fused-ring (bicyclic) bond motifs is 1. The molecule has 1 aromatic carbocycles. The number of benzene rings is 1. The first kappa shape index (κ1) is 8.83. The second-order valence-corrected chi connectivity index (χ2v) is 2.59. The molecular weight excluding hydrogens is 144 g/mol. The van der Waals surface area contributed by atoms with E-state index < -0.39 is 0 Å². The van der Waals surface area contributed by atoms with Crippen molar-refractivity contribution in [1.29, 1.82) is 0 Å². The van der Waals surface area contributed by atoms with Crippen molar-refractivity contribution in [2.45, 2.75) is 20.8 Å². The Kier molecular flexibility index (Phi) is 2.90. The predicted octanol–water partition coefficient (Wildman–Crippen LogP) is 3.66. The van der Waals surface area contributed by atoms with Gasteiger partial charge in [-0.25, -0.2) is 0 Å². The van der Waals surface area contributed by atoms with Gasteiger partial charge in [-0.3, -0.25) is 0 Å². The van der Waals surface area contributed by atoms with E-state index in [4.69, 9.17) is 0 Å². The molecule has 12 heavy (non-hydrogen) atoms. The van der Waals surface area contributed by atoms with Crippen molar-refractivity contribution >= 4 is 12.2 Å². The summed E-state index contributed by atoms with van der Waals surface area (Å²) < 4.78 is 0. The lowest BCUT2D eigenvalue weighted by Gasteiger charge is -1.96. The second kappa shape index (κ2) is 3.94. The summed E-state index contributed by atoms with van der Waals surface area (Å²) in [6, 6.07) is 6.42. The standard InChI is InChI=1S/C10H8.C2H6/c1-8-5-6-9-3-2-4-10(9)7-8;1-2/h3-7H,1H3;1-2H3. The minimum absolute atomic E-state index is 1.28. The van der Waals surface area contributed by atoms with Crippen LogP contribution in [0.2, 0.25) is 0 Å². The molecule has 1 aliphatic rings. The molecule has 1 aliphatic carbocycles. The summed E-state index contributed by atoms with van der Waals surface area (Å²) in [5, 5.41) is 0. The van der Waals surface area contributed by atoms with Crippen LogP contribution in [-0.4, -0.2) is 0 Å². The van der Waals surface area contributed by atoms with Crippen LogP contribution >= 0.6 is 0 Å². The van der Waals surface area contributed by atoms with Crippen molar-refractivity contribution < 1.29 is 0 Å². The molecule has 0 amide bonds. The lowest BCUT2D eigenvalue weighted by molar-refractivity contribution is 1.45. The Bertz CT molecular complexity index is 326. The fraction of sp³-hybridized carbons (Fsp3) is 0.250. The quantitative estimate of drug-likeness (QED) is 0.513. The largest absolute Gasteiger partial charge is 0.120 e. The minimum Gasteiger partial charge on any atom is -0.120 e. The fourth-order valence-corrected chi connectivity index (χ4v) is 1.17. The molecule has 0 nitrogen and oxygen atoms in total. The zero-order valence-corrected chi connectivity index (χ0v) is 7.89. The minimum atomic E-state index is 1.28. The van der Waals surface area contributed by atoms with E-state index in [0.717, 1.165) is 0 Å². The summed E-state index contributed by atoms with van der Waals surface area (Å²) in [7, 11) is 0. The van der Waals surface area contributed by atoms with Gasteiger partial charge in [-0.15, -0.1) is 5.73 Å². The first-order chi connectivity index (χ1) is 5.86. The second-order valence-electron chi connectivity index (χ2n) is 2.59. The van der Waals surface area contributed by atoms with E-state index in [1.54, 1.807) is 0 Å². The molecule has 0 saturated heterocycles. The first-order valence-corrected chi connectivity index (χ1v) is 4.39. The third-order valence-corrected chi connectivity index (χ3v) is 1.72. The van der Waals surface area contributed by atoms with Gasteiger partial charge in [0.2, 0.25) is 0 Å². The Hall–Kier alpha value is -1.26. The van der Waals surface area contributed by atoms with Crippen LogP contribution < -0.4 is 0 Å². The van der Waals surface area contributed by atoms with E-state index in [9.17, 15) is 0 Å². The molecule has 0 N–H and O–H groups in total. The van der Waals surface area contributed by atoms with Gasteiger partial charge in [0.05, 0.1) is 0 Å². The van der Waals surface area contributed by atoms with Crippen LogP contribution in [0.25, 0.3) is 12.2 Å². The van der Waals surface area contributed by atoms with Crippen molar-refractivity contribution in [3.8, 4) is 0 Å². The smallest absolute Gasteiger partial charge is 0.00980 e. The monoisotopic (exact) mass is 158 g/mol. The van der Waals surface area contributed by atoms with Gasteiger partial charge in [-0.05, 0) is 30.2 Å². The molecule has 0 fully saturated rings. The molecule has 0 aliphatic heterocycles. The highest BCUT2D eigenvalue weighted by Gasteiger charge is 1.98. The molecule has 0 bridgehead atoms. The van der Waals surface area contributed by atoms with Crippen molar-refractivity contribution in [2.75, 3.05) is 0 Å². The van der Waals surface area contributed by atoms with E-state index >= 15 is 0 Å². The molecule has 2 rings (SSSR count). The molecular formula is C12H14. The summed E-state index contributed by atoms with van der Waals surface area (Å²) >= 11 is 0. The van der Waals surface area contributed by atoms with Crippen LogP contribution in [0.4, 0.5) is 0 Å². The Balaban J connectivity index is 0.000000336. The maximum atomic E-state index is 3.06. The fourth-order valence-electron chi connectivity index (χ4n) is 1.17. The molecule has 0 spiro atoms. The molecule has 0 heteroatoms. The summed E-state index contributed by atoms with van der Waals surface area (Å²) in [6.07, 6.45) is 4.02. The van der Waals surface area contributed by atoms with Gasteiger partial charge in [-0.1, -0.05) is 37.6 Å². The third-order valence-electron chi connectivity index (χ3n) is 1.72. The normalized spacial score (nSPS) is 10.6. The molecule has 62 valence electrons. The highest BCUT2D eigenvalue weighted by molar-refractivity contribution is 5.73. The van der Waals surface area contributed by atoms with Crippen molar-refractivity contribution in [1.82, 2.24) is 0 Å². The number of aryl methyl sites for hydroxylation is 1. The predicted molar refractivity (Wildman–Crippen MR) is 55.0 cm³/mol. The van der Waals surface area contributed by atoms with Gasteiger partial charge in [0.25, 0.3) is 0 Å². The Morgan fingerprint density at radius 3 is 2.42 bits per heavy atom. The van der Waals surface area contributed by atoms with E-state index in [-0.39, 0.29) is 0 Å². The highest BCUT2D eigenvalue weighted by Crippen LogP contribution is 2.18. The number of hydrogen-bond acceptors (Lipinski definition) is 0. The first-order valence-electron chi connectivity index (χ1n) is 4.39. The van der Waals surface area contributed by atoms with Crippen LogP contribution in [0, 0.1) is 6.92 Å². The van der Waals surface area contributed by atoms with Crippen LogP contribution in [0.1, 0.15) is 30.5 Å². The van der Waals surface area contributed by atoms with Crippen molar-refractivity contribution in [2.24, 2.45) is 0 Å². The molecule has 1 aromatic rings. The van der Waals surface area contributed by atoms with Gasteiger partial charge < -0.3 is 0 Å². The Morgan fingerprint density at radius 1 is 1.00 bits per heavy atom. The number of hydrogen-bond donors (Lipinski definition) is 0. The molecule has 0 saturated carbocycles. The summed E-state index contributed by atoms with van der Waals surface area (Å²) in [5.41, 5.74) is 6.95. The van der Waals surface area contributed by atoms with Crippen LogP contribution in [-0.2, 0) is 0 Å². The molecule has 0 aromatic heterocycles. The molecule has 0 radical (unpaired) electrons. The van der Waals surface area contributed by atoms with E-state index in [1.165, 1.54) is 16.7 Å². The summed E-state index contributed by atoms with van der Waals surface area (Å²) in [6.45, 7) is 6.10. The lowest BCUT2D eigenvalue weighted by Crippen LogP contribution is -1.77. The van der Waals surface area contributed by atoms with Gasteiger partial charge >= 0.3 is 0 Å². The Morgan fingerprint density at radius 2 is 1.67 bits per heavy atom. The Labute approximate surface area is 74.2 Å². The molecule has 0 unspecified atom stereocenters. The lowest BCUT2D eigenvalue weighted by atomic mass is 10.1. The van der Waals surface area contributed by atoms with E-state index in [1.807, 2.05) is 26.0 Å². The van der Waals surface area contributed by atoms with Crippen LogP contribution in [0.3, 0.4) is 0 Å². The van der Waals surface area contributed by atoms with E-state index in [0.29, 0.717) is 0 Å². The van der Waals surface area contributed by atoms with Crippen LogP contribution in [0.15, 0.2) is 23.9 Å². The van der Waals surface area contributed by atoms with Crippen LogP contribution in [0.5, 0.6) is 0 Å². The average molecular weight is 158 g/mol. The van der Waals surface area contributed by atoms with Gasteiger partial charge in [0.1, 0.15) is 0 Å². The van der Waals surface area contributed by atoms with Crippen molar-refractivity contribution in [3.63, 3.8) is 0 Å². The number of rotatable bonds is 0. The topological polar surface area (TPSA) is 0 Å². The van der Waals surface area contributed by atoms with Crippen molar-refractivity contribution in [3.05, 3.63) is 40.6 Å². The maximum Gasteiger partial charge on any atom is -0.00980 e. The average Bonchev–Trinajstić information content (AvgIpc) is 2.54. The van der Waals surface area contributed by atoms with Gasteiger partial charge in [0.15, 0.2) is 0 Å². The molecule has 0 atom stereocenters. The van der Waals surface area contributed by atoms with Gasteiger partial charge in [0, 0.05) is 0 Å². The highest BCUT2D eigenvalue weighted by atomic mass is 14.0. The third kappa shape index (κ3) is 1.66. The zero-order valence-electron chi connectivity index (χ0n) is 7.89. The molecule has 0 heterocycles. The summed E-state index contributed by atoms with van der Waals surface area (Å²) in [5.74, 6) is 0.